The minimum Gasteiger partial charge on any atom is -0.466 e. The van der Waals surface area contributed by atoms with Gasteiger partial charge in [-0.1, -0.05) is 0 Å². The third kappa shape index (κ3) is 3.72. The van der Waals surface area contributed by atoms with Crippen LogP contribution in [0.4, 0.5) is 0 Å². The highest BCUT2D eigenvalue weighted by Gasteiger charge is 2.32. The van der Waals surface area contributed by atoms with Crippen LogP contribution in [0.2, 0.25) is 0 Å². The molecule has 1 atom stereocenters. The number of carbonyl (C=O) groups is 3. The Hall–Kier alpha value is -1.59. The van der Waals surface area contributed by atoms with Crippen LogP contribution < -0.4 is 0 Å². The van der Waals surface area contributed by atoms with Gasteiger partial charge in [0.15, 0.2) is 0 Å². The van der Waals surface area contributed by atoms with Gasteiger partial charge in [-0.15, -0.1) is 0 Å². The fraction of sp³-hybridized carbons (Fsp3) is 0.750. The van der Waals surface area contributed by atoms with E-state index in [2.05, 4.69) is 4.74 Å². The van der Waals surface area contributed by atoms with Gasteiger partial charge in [0.05, 0.1) is 19.1 Å². The quantitative estimate of drug-likeness (QED) is 0.539. The highest BCUT2D eigenvalue weighted by atomic mass is 16.5. The molecule has 1 unspecified atom stereocenters. The van der Waals surface area contributed by atoms with Crippen molar-refractivity contribution in [3.05, 3.63) is 0 Å². The van der Waals surface area contributed by atoms with Gasteiger partial charge in [-0.05, 0) is 26.7 Å². The van der Waals surface area contributed by atoms with E-state index >= 15 is 0 Å². The molecular weight excluding hydrogens is 238 g/mol. The third-order valence-electron chi connectivity index (χ3n) is 2.78. The molecule has 6 nitrogen and oxygen atoms in total. The number of nitrogens with zero attached hydrogens (tertiary/aromatic N) is 1. The van der Waals surface area contributed by atoms with Crippen LogP contribution >= 0.6 is 0 Å². The SMILES string of the molecule is CCOC(=O)C(=O)N1CCCC(C(=O)OCC)C1. The molecule has 0 bridgehead atoms. The number of esters is 2. The van der Waals surface area contributed by atoms with Gasteiger partial charge in [-0.3, -0.25) is 9.59 Å². The molecule has 0 radical (unpaired) electrons. The summed E-state index contributed by atoms with van der Waals surface area (Å²) in [7, 11) is 0. The van der Waals surface area contributed by atoms with Crippen molar-refractivity contribution >= 4 is 17.8 Å². The second-order valence-corrected chi connectivity index (χ2v) is 4.06. The fourth-order valence-electron chi connectivity index (χ4n) is 1.94. The lowest BCUT2D eigenvalue weighted by molar-refractivity contribution is -0.162. The molecule has 0 N–H and O–H groups in total. The van der Waals surface area contributed by atoms with Gasteiger partial charge >= 0.3 is 17.8 Å². The fourth-order valence-corrected chi connectivity index (χ4v) is 1.94. The molecule has 0 spiro atoms. The van der Waals surface area contributed by atoms with Gasteiger partial charge in [0, 0.05) is 13.1 Å². The standard InChI is InChI=1S/C12H19NO5/c1-3-17-11(15)9-6-5-7-13(8-9)10(14)12(16)18-4-2/h9H,3-8H2,1-2H3. The molecule has 1 amide bonds. The second kappa shape index (κ2) is 6.98. The van der Waals surface area contributed by atoms with E-state index in [-0.39, 0.29) is 25.0 Å². The van der Waals surface area contributed by atoms with Crippen LogP contribution in [0.15, 0.2) is 0 Å². The Morgan fingerprint density at radius 1 is 1.17 bits per heavy atom. The van der Waals surface area contributed by atoms with E-state index in [4.69, 9.17) is 4.74 Å². The summed E-state index contributed by atoms with van der Waals surface area (Å²) in [6.07, 6.45) is 1.38. The number of rotatable bonds is 3. The van der Waals surface area contributed by atoms with E-state index in [1.807, 2.05) is 0 Å². The van der Waals surface area contributed by atoms with Gasteiger partial charge in [-0.25, -0.2) is 4.79 Å². The maximum atomic E-state index is 11.7. The van der Waals surface area contributed by atoms with Crippen LogP contribution in [-0.4, -0.2) is 49.0 Å². The van der Waals surface area contributed by atoms with Crippen LogP contribution in [0.5, 0.6) is 0 Å². The van der Waals surface area contributed by atoms with Crippen molar-refractivity contribution in [3.63, 3.8) is 0 Å². The molecular formula is C12H19NO5. The topological polar surface area (TPSA) is 72.9 Å². The molecule has 0 saturated carbocycles. The number of piperidine rings is 1. The van der Waals surface area contributed by atoms with E-state index < -0.39 is 11.9 Å². The minimum absolute atomic E-state index is 0.166. The maximum Gasteiger partial charge on any atom is 0.397 e. The van der Waals surface area contributed by atoms with Gasteiger partial charge in [-0.2, -0.15) is 0 Å². The Bertz CT molecular complexity index is 328. The van der Waals surface area contributed by atoms with Crippen LogP contribution in [0.1, 0.15) is 26.7 Å². The highest BCUT2D eigenvalue weighted by molar-refractivity contribution is 6.32. The molecule has 102 valence electrons. The van der Waals surface area contributed by atoms with E-state index in [1.54, 1.807) is 13.8 Å². The Morgan fingerprint density at radius 3 is 2.44 bits per heavy atom. The monoisotopic (exact) mass is 257 g/mol. The van der Waals surface area contributed by atoms with Gasteiger partial charge in [0.1, 0.15) is 0 Å². The number of carbonyl (C=O) groups excluding carboxylic acids is 3. The average Bonchev–Trinajstić information content (AvgIpc) is 2.38. The van der Waals surface area contributed by atoms with Crippen molar-refractivity contribution in [1.29, 1.82) is 0 Å². The smallest absolute Gasteiger partial charge is 0.397 e. The summed E-state index contributed by atoms with van der Waals surface area (Å²) in [5.74, 6) is -2.18. The Kier molecular flexibility index (Phi) is 5.61. The summed E-state index contributed by atoms with van der Waals surface area (Å²) in [5, 5.41) is 0. The predicted octanol–water partition coefficient (Wildman–Crippen LogP) is 0.351. The minimum atomic E-state index is -0.859. The number of likely N-dealkylation sites (tertiary alicyclic amines) is 1. The number of hydrogen-bond acceptors (Lipinski definition) is 5. The summed E-state index contributed by atoms with van der Waals surface area (Å²) in [6, 6.07) is 0. The molecule has 0 aromatic rings. The third-order valence-corrected chi connectivity index (χ3v) is 2.78. The molecule has 0 aromatic heterocycles. The first-order valence-corrected chi connectivity index (χ1v) is 6.22. The Morgan fingerprint density at radius 2 is 1.83 bits per heavy atom. The predicted molar refractivity (Wildman–Crippen MR) is 62.6 cm³/mol. The van der Waals surface area contributed by atoms with Crippen LogP contribution in [-0.2, 0) is 23.9 Å². The van der Waals surface area contributed by atoms with E-state index in [0.717, 1.165) is 0 Å². The van der Waals surface area contributed by atoms with Crippen molar-refractivity contribution in [2.75, 3.05) is 26.3 Å². The van der Waals surface area contributed by atoms with Crippen molar-refractivity contribution in [2.24, 2.45) is 5.92 Å². The molecule has 1 rings (SSSR count). The largest absolute Gasteiger partial charge is 0.466 e. The second-order valence-electron chi connectivity index (χ2n) is 4.06. The molecule has 0 aromatic carbocycles. The lowest BCUT2D eigenvalue weighted by atomic mass is 9.98. The zero-order chi connectivity index (χ0) is 13.5. The zero-order valence-corrected chi connectivity index (χ0v) is 10.8. The zero-order valence-electron chi connectivity index (χ0n) is 10.8. The summed E-state index contributed by atoms with van der Waals surface area (Å²) in [6.45, 7) is 4.58. The van der Waals surface area contributed by atoms with Gasteiger partial charge < -0.3 is 14.4 Å². The molecule has 6 heteroatoms. The first-order valence-electron chi connectivity index (χ1n) is 6.22. The average molecular weight is 257 g/mol. The van der Waals surface area contributed by atoms with E-state index in [1.165, 1.54) is 4.90 Å². The molecule has 0 aliphatic carbocycles. The molecule has 1 fully saturated rings. The summed E-state index contributed by atoms with van der Waals surface area (Å²) >= 11 is 0. The maximum absolute atomic E-state index is 11.7. The van der Waals surface area contributed by atoms with Crippen molar-refractivity contribution in [1.82, 2.24) is 4.90 Å². The van der Waals surface area contributed by atoms with Crippen LogP contribution in [0.25, 0.3) is 0 Å². The highest BCUT2D eigenvalue weighted by Crippen LogP contribution is 2.18. The number of ether oxygens (including phenoxy) is 2. The molecule has 1 aliphatic heterocycles. The first kappa shape index (κ1) is 14.5. The van der Waals surface area contributed by atoms with Crippen LogP contribution in [0, 0.1) is 5.92 Å². The molecule has 1 heterocycles. The van der Waals surface area contributed by atoms with E-state index in [9.17, 15) is 14.4 Å². The van der Waals surface area contributed by atoms with Crippen molar-refractivity contribution < 1.29 is 23.9 Å². The molecule has 1 aliphatic rings. The Labute approximate surface area is 106 Å². The van der Waals surface area contributed by atoms with Gasteiger partial charge in [0.25, 0.3) is 0 Å². The normalized spacial score (nSPS) is 19.2. The number of amides is 1. The lowest BCUT2D eigenvalue weighted by Crippen LogP contribution is -2.46. The number of hydrogen-bond donors (Lipinski definition) is 0. The summed E-state index contributed by atoms with van der Waals surface area (Å²) < 4.78 is 9.58. The molecule has 1 saturated heterocycles. The van der Waals surface area contributed by atoms with Crippen molar-refractivity contribution in [3.8, 4) is 0 Å². The van der Waals surface area contributed by atoms with Gasteiger partial charge in [0.2, 0.25) is 0 Å². The first-order chi connectivity index (χ1) is 8.60. The molecule has 18 heavy (non-hydrogen) atoms. The summed E-state index contributed by atoms with van der Waals surface area (Å²) in [4.78, 5) is 36.0. The lowest BCUT2D eigenvalue weighted by Gasteiger charge is -2.30. The van der Waals surface area contributed by atoms with E-state index in [0.29, 0.717) is 26.0 Å². The van der Waals surface area contributed by atoms with Crippen molar-refractivity contribution in [2.45, 2.75) is 26.7 Å². The Balaban J connectivity index is 2.55. The van der Waals surface area contributed by atoms with Crippen LogP contribution in [0.3, 0.4) is 0 Å². The summed E-state index contributed by atoms with van der Waals surface area (Å²) in [5.41, 5.74) is 0.